The van der Waals surface area contributed by atoms with Crippen molar-refractivity contribution < 1.29 is 32.5 Å². The molecule has 1 aromatic carbocycles. The molecule has 0 saturated carbocycles. The second-order valence-corrected chi connectivity index (χ2v) is 3.40. The van der Waals surface area contributed by atoms with Crippen LogP contribution in [0.5, 0.6) is 5.75 Å². The van der Waals surface area contributed by atoms with Crippen molar-refractivity contribution in [2.45, 2.75) is 12.3 Å². The highest BCUT2D eigenvalue weighted by atomic mass is 19.4. The average molecular weight is 264 g/mol. The van der Waals surface area contributed by atoms with Gasteiger partial charge in [0.05, 0.1) is 7.11 Å². The number of halogens is 3. The Morgan fingerprint density at radius 2 is 1.89 bits per heavy atom. The molecule has 0 bridgehead atoms. The van der Waals surface area contributed by atoms with E-state index >= 15 is 0 Å². The molecular weight excluding hydrogens is 253 g/mol. The summed E-state index contributed by atoms with van der Waals surface area (Å²) in [6.07, 6.45) is -6.94. The lowest BCUT2D eigenvalue weighted by Crippen LogP contribution is -2.25. The minimum absolute atomic E-state index is 0.176. The zero-order valence-corrected chi connectivity index (χ0v) is 9.40. The van der Waals surface area contributed by atoms with E-state index in [9.17, 15) is 18.0 Å². The van der Waals surface area contributed by atoms with Gasteiger partial charge in [-0.05, 0) is 17.7 Å². The maximum absolute atomic E-state index is 12.7. The van der Waals surface area contributed by atoms with Crippen LogP contribution in [0.3, 0.4) is 0 Å². The minimum Gasteiger partial charge on any atom is -0.497 e. The number of rotatable bonds is 5. The lowest BCUT2D eigenvalue weighted by atomic mass is 10.1. The predicted molar refractivity (Wildman–Crippen MR) is 55.4 cm³/mol. The van der Waals surface area contributed by atoms with Crippen molar-refractivity contribution in [3.63, 3.8) is 0 Å². The molecule has 100 valence electrons. The Balaban J connectivity index is 2.90. The number of carboxylic acid groups (broad SMARTS) is 1. The van der Waals surface area contributed by atoms with Crippen molar-refractivity contribution in [2.75, 3.05) is 13.7 Å². The van der Waals surface area contributed by atoms with E-state index in [0.717, 1.165) is 0 Å². The molecule has 0 spiro atoms. The minimum atomic E-state index is -4.68. The van der Waals surface area contributed by atoms with Gasteiger partial charge in [-0.2, -0.15) is 13.2 Å². The Kier molecular flexibility index (Phi) is 4.55. The molecule has 0 aliphatic rings. The van der Waals surface area contributed by atoms with Gasteiger partial charge in [-0.1, -0.05) is 12.1 Å². The van der Waals surface area contributed by atoms with Crippen LogP contribution in [-0.2, 0) is 9.53 Å². The van der Waals surface area contributed by atoms with E-state index in [-0.39, 0.29) is 5.56 Å². The molecule has 1 unspecified atom stereocenters. The topological polar surface area (TPSA) is 55.8 Å². The van der Waals surface area contributed by atoms with Crippen LogP contribution in [0.2, 0.25) is 0 Å². The Morgan fingerprint density at radius 1 is 1.33 bits per heavy atom. The fourth-order valence-electron chi connectivity index (χ4n) is 1.31. The average Bonchev–Trinajstić information content (AvgIpc) is 2.28. The van der Waals surface area contributed by atoms with Gasteiger partial charge in [0.1, 0.15) is 12.4 Å². The first-order valence-electron chi connectivity index (χ1n) is 4.88. The number of alkyl halides is 3. The van der Waals surface area contributed by atoms with Crippen LogP contribution in [0.15, 0.2) is 24.3 Å². The lowest BCUT2D eigenvalue weighted by molar-refractivity contribution is -0.225. The number of hydrogen-bond acceptors (Lipinski definition) is 3. The van der Waals surface area contributed by atoms with Gasteiger partial charge in [-0.25, -0.2) is 4.79 Å². The highest BCUT2D eigenvalue weighted by Crippen LogP contribution is 2.36. The number of aliphatic carboxylic acids is 1. The first-order valence-corrected chi connectivity index (χ1v) is 4.88. The molecule has 7 heteroatoms. The molecule has 1 rings (SSSR count). The number of benzene rings is 1. The van der Waals surface area contributed by atoms with Gasteiger partial charge in [0.25, 0.3) is 0 Å². The molecule has 1 atom stereocenters. The molecule has 0 aromatic heterocycles. The first kappa shape index (κ1) is 14.3. The van der Waals surface area contributed by atoms with Crippen LogP contribution >= 0.6 is 0 Å². The summed E-state index contributed by atoms with van der Waals surface area (Å²) in [7, 11) is 1.39. The normalized spacial score (nSPS) is 13.1. The monoisotopic (exact) mass is 264 g/mol. The Bertz CT molecular complexity index is 400. The van der Waals surface area contributed by atoms with E-state index in [0.29, 0.717) is 5.75 Å². The molecule has 4 nitrogen and oxygen atoms in total. The summed E-state index contributed by atoms with van der Waals surface area (Å²) in [4.78, 5) is 10.3. The van der Waals surface area contributed by atoms with Gasteiger partial charge in [0.2, 0.25) is 0 Å². The fraction of sp³-hybridized carbons (Fsp3) is 0.364. The van der Waals surface area contributed by atoms with E-state index in [4.69, 9.17) is 9.84 Å². The van der Waals surface area contributed by atoms with Gasteiger partial charge in [0, 0.05) is 0 Å². The molecule has 0 radical (unpaired) electrons. The molecule has 0 aliphatic heterocycles. The van der Waals surface area contributed by atoms with Gasteiger partial charge in [0.15, 0.2) is 6.10 Å². The van der Waals surface area contributed by atoms with Crippen molar-refractivity contribution in [3.8, 4) is 5.75 Å². The number of hydrogen-bond donors (Lipinski definition) is 1. The third-order valence-corrected chi connectivity index (χ3v) is 2.09. The molecule has 18 heavy (non-hydrogen) atoms. The smallest absolute Gasteiger partial charge is 0.418 e. The van der Waals surface area contributed by atoms with Crippen molar-refractivity contribution in [1.29, 1.82) is 0 Å². The zero-order valence-electron chi connectivity index (χ0n) is 9.40. The summed E-state index contributed by atoms with van der Waals surface area (Å²) in [5.41, 5.74) is -0.176. The highest BCUT2D eigenvalue weighted by molar-refractivity contribution is 5.68. The Hall–Kier alpha value is -1.76. The van der Waals surface area contributed by atoms with Crippen LogP contribution in [0.1, 0.15) is 11.7 Å². The standard InChI is InChI=1S/C11H11F3O4/c1-17-8-4-2-7(3-5-8)10(11(12,13)14)18-6-9(15)16/h2-5,10H,6H2,1H3,(H,15,16). The summed E-state index contributed by atoms with van der Waals surface area (Å²) in [6.45, 7) is -1.02. The van der Waals surface area contributed by atoms with E-state index in [1.54, 1.807) is 0 Å². The quantitative estimate of drug-likeness (QED) is 0.887. The van der Waals surface area contributed by atoms with Gasteiger partial charge < -0.3 is 14.6 Å². The predicted octanol–water partition coefficient (Wildman–Crippen LogP) is 2.40. The van der Waals surface area contributed by atoms with E-state index in [1.165, 1.54) is 31.4 Å². The molecule has 0 aliphatic carbocycles. The summed E-state index contributed by atoms with van der Waals surface area (Å²) >= 11 is 0. The summed E-state index contributed by atoms with van der Waals surface area (Å²) in [6, 6.07) is 5.05. The van der Waals surface area contributed by atoms with Gasteiger partial charge >= 0.3 is 12.1 Å². The number of carboxylic acids is 1. The second-order valence-electron chi connectivity index (χ2n) is 3.40. The fourth-order valence-corrected chi connectivity index (χ4v) is 1.31. The van der Waals surface area contributed by atoms with Gasteiger partial charge in [-0.3, -0.25) is 0 Å². The van der Waals surface area contributed by atoms with Gasteiger partial charge in [-0.15, -0.1) is 0 Å². The largest absolute Gasteiger partial charge is 0.497 e. The third kappa shape index (κ3) is 3.92. The SMILES string of the molecule is COc1ccc(C(OCC(=O)O)C(F)(F)F)cc1. The maximum Gasteiger partial charge on any atom is 0.418 e. The molecule has 0 heterocycles. The number of ether oxygens (including phenoxy) is 2. The highest BCUT2D eigenvalue weighted by Gasteiger charge is 2.42. The Labute approximate surface area is 101 Å². The molecule has 1 N–H and O–H groups in total. The van der Waals surface area contributed by atoms with Crippen LogP contribution in [0.25, 0.3) is 0 Å². The van der Waals surface area contributed by atoms with Crippen molar-refractivity contribution in [1.82, 2.24) is 0 Å². The molecule has 1 aromatic rings. The van der Waals surface area contributed by atoms with Crippen LogP contribution in [0, 0.1) is 0 Å². The van der Waals surface area contributed by atoms with Crippen molar-refractivity contribution >= 4 is 5.97 Å². The van der Waals surface area contributed by atoms with E-state index in [2.05, 4.69) is 4.74 Å². The van der Waals surface area contributed by atoms with Crippen LogP contribution < -0.4 is 4.74 Å². The lowest BCUT2D eigenvalue weighted by Gasteiger charge is -2.20. The van der Waals surface area contributed by atoms with Crippen LogP contribution in [-0.4, -0.2) is 31.0 Å². The van der Waals surface area contributed by atoms with Crippen molar-refractivity contribution in [2.24, 2.45) is 0 Å². The summed E-state index contributed by atoms with van der Waals surface area (Å²) < 4.78 is 47.2. The van der Waals surface area contributed by atoms with E-state index in [1.807, 2.05) is 0 Å². The third-order valence-electron chi connectivity index (χ3n) is 2.09. The molecule has 0 fully saturated rings. The van der Waals surface area contributed by atoms with Crippen LogP contribution in [0.4, 0.5) is 13.2 Å². The maximum atomic E-state index is 12.7. The number of carbonyl (C=O) groups is 1. The zero-order chi connectivity index (χ0) is 13.8. The van der Waals surface area contributed by atoms with E-state index < -0.39 is 24.9 Å². The first-order chi connectivity index (χ1) is 8.34. The summed E-state index contributed by atoms with van der Waals surface area (Å²) in [5, 5.41) is 8.34. The number of methoxy groups -OCH3 is 1. The Morgan fingerprint density at radius 3 is 2.28 bits per heavy atom. The summed E-state index contributed by atoms with van der Waals surface area (Å²) in [5.74, 6) is -1.06. The second kappa shape index (κ2) is 5.72. The van der Waals surface area contributed by atoms with Crippen molar-refractivity contribution in [3.05, 3.63) is 29.8 Å². The molecular formula is C11H11F3O4. The molecule has 0 amide bonds. The molecule has 0 saturated heterocycles.